The van der Waals surface area contributed by atoms with Crippen molar-refractivity contribution in [2.75, 3.05) is 6.54 Å². The molecule has 1 heterocycles. The largest absolute Gasteiger partial charge is 0.459 e. The number of ether oxygens (including phenoxy) is 2. The quantitative estimate of drug-likeness (QED) is 0.305. The topological polar surface area (TPSA) is 137 Å². The van der Waals surface area contributed by atoms with E-state index in [2.05, 4.69) is 5.32 Å². The molecule has 11 nitrogen and oxygen atoms in total. The smallest absolute Gasteiger partial charge is 0.408 e. The second kappa shape index (κ2) is 8.66. The number of alkyl carbamates (subject to hydrolysis) is 1. The Bertz CT molecular complexity index is 829. The highest BCUT2D eigenvalue weighted by atomic mass is 16.7. The lowest BCUT2D eigenvalue weighted by atomic mass is 10.1. The Morgan fingerprint density at radius 1 is 1.20 bits per heavy atom. The van der Waals surface area contributed by atoms with E-state index in [1.54, 1.807) is 20.8 Å². The average Bonchev–Trinajstić information content (AvgIpc) is 2.63. The van der Waals surface area contributed by atoms with Crippen LogP contribution in [-0.4, -0.2) is 51.7 Å². The minimum atomic E-state index is -1.46. The van der Waals surface area contributed by atoms with Gasteiger partial charge in [0.25, 0.3) is 11.6 Å². The van der Waals surface area contributed by atoms with Crippen molar-refractivity contribution in [3.8, 4) is 0 Å². The molecule has 1 fully saturated rings. The first-order chi connectivity index (χ1) is 13.8. The number of amides is 2. The molecule has 30 heavy (non-hydrogen) atoms. The molecule has 0 spiro atoms. The molecule has 0 aromatic heterocycles. The van der Waals surface area contributed by atoms with E-state index in [1.165, 1.54) is 38.1 Å². The molecular weight excluding hydrogens is 398 g/mol. The zero-order valence-corrected chi connectivity index (χ0v) is 17.5. The molecule has 1 atom stereocenters. The monoisotopic (exact) mass is 423 g/mol. The number of hydrogen-bond donors (Lipinski definition) is 1. The van der Waals surface area contributed by atoms with Gasteiger partial charge >= 0.3 is 12.1 Å². The molecule has 1 saturated heterocycles. The van der Waals surface area contributed by atoms with Crippen LogP contribution in [0.3, 0.4) is 0 Å². The Labute approximate surface area is 173 Å². The van der Waals surface area contributed by atoms with Gasteiger partial charge in [-0.15, -0.1) is 0 Å². The third-order valence-corrected chi connectivity index (χ3v) is 3.93. The van der Waals surface area contributed by atoms with Gasteiger partial charge in [0, 0.05) is 12.1 Å². The Morgan fingerprint density at radius 3 is 2.30 bits per heavy atom. The van der Waals surface area contributed by atoms with Crippen molar-refractivity contribution in [3.05, 3.63) is 39.9 Å². The number of hydroxylamine groups is 2. The zero-order chi connectivity index (χ0) is 22.7. The van der Waals surface area contributed by atoms with Crippen LogP contribution in [0.4, 0.5) is 10.5 Å². The van der Waals surface area contributed by atoms with E-state index in [0.717, 1.165) is 5.06 Å². The van der Waals surface area contributed by atoms with Gasteiger partial charge in [0.15, 0.2) is 5.60 Å². The van der Waals surface area contributed by atoms with Gasteiger partial charge in [-0.25, -0.2) is 14.7 Å². The van der Waals surface area contributed by atoms with Gasteiger partial charge in [-0.05, 0) is 52.3 Å². The minimum absolute atomic E-state index is 0.0527. The molecule has 2 amide bonds. The number of β-lactam (4-membered cyclic amide) rings is 1. The summed E-state index contributed by atoms with van der Waals surface area (Å²) in [6, 6.07) is 4.77. The summed E-state index contributed by atoms with van der Waals surface area (Å²) in [5.74, 6) is -1.24. The fourth-order valence-electron chi connectivity index (χ4n) is 2.38. The van der Waals surface area contributed by atoms with E-state index >= 15 is 0 Å². The maximum atomic E-state index is 12.3. The van der Waals surface area contributed by atoms with Gasteiger partial charge < -0.3 is 14.8 Å². The van der Waals surface area contributed by atoms with E-state index in [9.17, 15) is 24.5 Å². The molecule has 1 aliphatic rings. The van der Waals surface area contributed by atoms with Crippen LogP contribution in [0.15, 0.2) is 24.3 Å². The number of benzene rings is 1. The number of nitro benzene ring substituents is 1. The molecule has 1 aromatic carbocycles. The third-order valence-electron chi connectivity index (χ3n) is 3.93. The highest BCUT2D eigenvalue weighted by molar-refractivity contribution is 5.90. The second-order valence-corrected chi connectivity index (χ2v) is 8.20. The first-order valence-corrected chi connectivity index (χ1v) is 9.19. The van der Waals surface area contributed by atoms with Crippen LogP contribution in [0.5, 0.6) is 0 Å². The number of rotatable bonds is 7. The third kappa shape index (κ3) is 6.14. The lowest BCUT2D eigenvalue weighted by molar-refractivity contribution is -0.384. The summed E-state index contributed by atoms with van der Waals surface area (Å²) in [7, 11) is 0. The number of nitrogens with zero attached hydrogens (tertiary/aromatic N) is 2. The SMILES string of the molecule is CC(C)(C)OC(=O)N[C@H]1CN(OC(C)(C)C(=O)OCc2ccc([N+](=O)[O-])cc2)C1=O. The van der Waals surface area contributed by atoms with Gasteiger partial charge in [-0.3, -0.25) is 19.7 Å². The molecule has 1 aromatic rings. The second-order valence-electron chi connectivity index (χ2n) is 8.20. The van der Waals surface area contributed by atoms with Crippen LogP contribution in [0.1, 0.15) is 40.2 Å². The molecule has 2 rings (SSSR count). The summed E-state index contributed by atoms with van der Waals surface area (Å²) in [5.41, 5.74) is -1.67. The van der Waals surface area contributed by atoms with Crippen molar-refractivity contribution in [1.82, 2.24) is 10.4 Å². The highest BCUT2D eigenvalue weighted by Crippen LogP contribution is 2.21. The standard InChI is InChI=1S/C19H25N3O8/c1-18(2,3)29-17(25)20-14-10-21(15(14)23)30-19(4,5)16(24)28-11-12-6-8-13(9-7-12)22(26)27/h6-9,14H,10-11H2,1-5H3,(H,20,25)/t14-/m0/s1. The minimum Gasteiger partial charge on any atom is -0.459 e. The molecule has 0 saturated carbocycles. The van der Waals surface area contributed by atoms with Crippen LogP contribution >= 0.6 is 0 Å². The lowest BCUT2D eigenvalue weighted by Gasteiger charge is -2.40. The van der Waals surface area contributed by atoms with Gasteiger partial charge in [0.05, 0.1) is 11.5 Å². The summed E-state index contributed by atoms with van der Waals surface area (Å²) < 4.78 is 10.3. The molecule has 0 radical (unpaired) electrons. The van der Waals surface area contributed by atoms with E-state index in [4.69, 9.17) is 14.3 Å². The lowest BCUT2D eigenvalue weighted by Crippen LogP contribution is -2.65. The van der Waals surface area contributed by atoms with E-state index in [0.29, 0.717) is 5.56 Å². The van der Waals surface area contributed by atoms with Crippen molar-refractivity contribution >= 4 is 23.7 Å². The average molecular weight is 423 g/mol. The molecule has 11 heteroatoms. The number of nitro groups is 1. The molecular formula is C19H25N3O8. The van der Waals surface area contributed by atoms with E-state index < -0.39 is 40.1 Å². The van der Waals surface area contributed by atoms with E-state index in [-0.39, 0.29) is 18.8 Å². The van der Waals surface area contributed by atoms with Crippen LogP contribution in [0.2, 0.25) is 0 Å². The Hall–Kier alpha value is -3.21. The summed E-state index contributed by atoms with van der Waals surface area (Å²) in [6.45, 7) is 7.93. The van der Waals surface area contributed by atoms with Crippen molar-refractivity contribution < 1.29 is 33.6 Å². The summed E-state index contributed by atoms with van der Waals surface area (Å²) >= 11 is 0. The maximum absolute atomic E-state index is 12.3. The Morgan fingerprint density at radius 2 is 1.80 bits per heavy atom. The molecule has 0 aliphatic carbocycles. The molecule has 0 bridgehead atoms. The maximum Gasteiger partial charge on any atom is 0.408 e. The van der Waals surface area contributed by atoms with Gasteiger partial charge in [0.2, 0.25) is 0 Å². The highest BCUT2D eigenvalue weighted by Gasteiger charge is 2.45. The zero-order valence-electron chi connectivity index (χ0n) is 17.5. The van der Waals surface area contributed by atoms with Crippen LogP contribution < -0.4 is 5.32 Å². The Kier molecular flexibility index (Phi) is 6.66. The van der Waals surface area contributed by atoms with Crippen molar-refractivity contribution in [3.63, 3.8) is 0 Å². The fourth-order valence-corrected chi connectivity index (χ4v) is 2.38. The number of carbonyl (C=O) groups is 3. The number of carbonyl (C=O) groups excluding carboxylic acids is 3. The molecule has 1 aliphatic heterocycles. The molecule has 0 unspecified atom stereocenters. The number of nitrogens with one attached hydrogen (secondary N) is 1. The molecule has 164 valence electrons. The molecule has 1 N–H and O–H groups in total. The van der Waals surface area contributed by atoms with Gasteiger partial charge in [-0.2, -0.15) is 0 Å². The normalized spacial score (nSPS) is 16.5. The number of non-ortho nitro benzene ring substituents is 1. The van der Waals surface area contributed by atoms with Gasteiger partial charge in [0.1, 0.15) is 18.2 Å². The number of esters is 1. The summed E-state index contributed by atoms with van der Waals surface area (Å²) in [4.78, 5) is 51.8. The van der Waals surface area contributed by atoms with Crippen molar-refractivity contribution in [2.45, 2.75) is 58.5 Å². The predicted molar refractivity (Wildman–Crippen MR) is 103 cm³/mol. The summed E-state index contributed by atoms with van der Waals surface area (Å²) in [5, 5.41) is 14.1. The fraction of sp³-hybridized carbons (Fsp3) is 0.526. The van der Waals surface area contributed by atoms with E-state index in [1.807, 2.05) is 0 Å². The van der Waals surface area contributed by atoms with Crippen LogP contribution in [0.25, 0.3) is 0 Å². The first-order valence-electron chi connectivity index (χ1n) is 9.19. The van der Waals surface area contributed by atoms with Crippen molar-refractivity contribution in [1.29, 1.82) is 0 Å². The number of hydrogen-bond acceptors (Lipinski definition) is 8. The van der Waals surface area contributed by atoms with Crippen molar-refractivity contribution in [2.24, 2.45) is 0 Å². The predicted octanol–water partition coefficient (Wildman–Crippen LogP) is 2.08. The first kappa shape index (κ1) is 23.1. The Balaban J connectivity index is 1.81. The van der Waals surface area contributed by atoms with Crippen LogP contribution in [-0.2, 0) is 30.5 Å². The van der Waals surface area contributed by atoms with Crippen LogP contribution in [0, 0.1) is 10.1 Å². The summed E-state index contributed by atoms with van der Waals surface area (Å²) in [6.07, 6.45) is -0.720. The van der Waals surface area contributed by atoms with Gasteiger partial charge in [-0.1, -0.05) is 0 Å².